The fourth-order valence-corrected chi connectivity index (χ4v) is 1.79. The topological polar surface area (TPSA) is 64.3 Å². The van der Waals surface area contributed by atoms with Crippen molar-refractivity contribution in [3.8, 4) is 0 Å². The van der Waals surface area contributed by atoms with E-state index in [0.717, 1.165) is 50.8 Å². The second-order valence-electron chi connectivity index (χ2n) is 3.93. The van der Waals surface area contributed by atoms with E-state index in [1.54, 1.807) is 0 Å². The summed E-state index contributed by atoms with van der Waals surface area (Å²) in [6.45, 7) is 5.29. The number of ether oxygens (including phenoxy) is 1. The van der Waals surface area contributed by atoms with E-state index < -0.39 is 0 Å². The lowest BCUT2D eigenvalue weighted by atomic mass is 10.2. The van der Waals surface area contributed by atoms with E-state index >= 15 is 0 Å². The molecule has 0 spiro atoms. The lowest BCUT2D eigenvalue weighted by Crippen LogP contribution is -2.37. The zero-order valence-corrected chi connectivity index (χ0v) is 9.65. The van der Waals surface area contributed by atoms with Gasteiger partial charge >= 0.3 is 0 Å². The number of hydrogen-bond donors (Lipinski definition) is 1. The van der Waals surface area contributed by atoms with Crippen LogP contribution in [0.2, 0.25) is 0 Å². The molecule has 2 N–H and O–H groups in total. The quantitative estimate of drug-likeness (QED) is 0.821. The predicted octanol–water partition coefficient (Wildman–Crippen LogP) is 0.848. The third-order valence-corrected chi connectivity index (χ3v) is 2.59. The first-order valence-electron chi connectivity index (χ1n) is 5.75. The van der Waals surface area contributed by atoms with Crippen molar-refractivity contribution in [2.24, 2.45) is 0 Å². The van der Waals surface area contributed by atoms with Crippen molar-refractivity contribution >= 4 is 11.8 Å². The summed E-state index contributed by atoms with van der Waals surface area (Å²) in [5, 5.41) is 0. The van der Waals surface area contributed by atoms with Crippen molar-refractivity contribution in [2.45, 2.75) is 19.8 Å². The highest BCUT2D eigenvalue weighted by atomic mass is 16.5. The summed E-state index contributed by atoms with van der Waals surface area (Å²) in [5.74, 6) is 1.30. The minimum absolute atomic E-state index is 0.556. The lowest BCUT2D eigenvalue weighted by molar-refractivity contribution is 0.122. The second kappa shape index (κ2) is 5.12. The zero-order chi connectivity index (χ0) is 11.4. The first-order valence-corrected chi connectivity index (χ1v) is 5.75. The van der Waals surface area contributed by atoms with Gasteiger partial charge in [0.25, 0.3) is 0 Å². The van der Waals surface area contributed by atoms with Crippen molar-refractivity contribution in [2.75, 3.05) is 36.9 Å². The molecule has 2 heterocycles. The first kappa shape index (κ1) is 11.1. The van der Waals surface area contributed by atoms with E-state index in [4.69, 9.17) is 10.5 Å². The maximum absolute atomic E-state index is 5.79. The molecule has 0 aliphatic carbocycles. The molecular formula is C11H18N4O. The van der Waals surface area contributed by atoms with Gasteiger partial charge in [0.1, 0.15) is 5.82 Å². The van der Waals surface area contributed by atoms with Crippen LogP contribution in [0.3, 0.4) is 0 Å². The van der Waals surface area contributed by atoms with Crippen molar-refractivity contribution in [1.29, 1.82) is 0 Å². The standard InChI is InChI=1S/C11H18N4O/c1-2-3-9-8-10(12)14-11(13-9)15-4-6-16-7-5-15/h8H,2-7H2,1H3,(H2,12,13,14). The lowest BCUT2D eigenvalue weighted by Gasteiger charge is -2.27. The Labute approximate surface area is 95.6 Å². The summed E-state index contributed by atoms with van der Waals surface area (Å²) in [6, 6.07) is 1.85. The largest absolute Gasteiger partial charge is 0.384 e. The van der Waals surface area contributed by atoms with Crippen molar-refractivity contribution in [3.05, 3.63) is 11.8 Å². The molecule has 0 aromatic carbocycles. The average molecular weight is 222 g/mol. The number of aryl methyl sites for hydroxylation is 1. The van der Waals surface area contributed by atoms with Crippen LogP contribution in [0.4, 0.5) is 11.8 Å². The summed E-state index contributed by atoms with van der Waals surface area (Å²) in [7, 11) is 0. The van der Waals surface area contributed by atoms with E-state index in [1.165, 1.54) is 0 Å². The number of morpholine rings is 1. The number of nitrogens with two attached hydrogens (primary N) is 1. The van der Waals surface area contributed by atoms with Gasteiger partial charge in [-0.25, -0.2) is 4.98 Å². The van der Waals surface area contributed by atoms with Gasteiger partial charge in [-0.2, -0.15) is 4.98 Å². The molecule has 0 bridgehead atoms. The summed E-state index contributed by atoms with van der Waals surface area (Å²) in [5.41, 5.74) is 6.81. The van der Waals surface area contributed by atoms with E-state index in [-0.39, 0.29) is 0 Å². The van der Waals surface area contributed by atoms with Crippen LogP contribution in [0.25, 0.3) is 0 Å². The highest BCUT2D eigenvalue weighted by Gasteiger charge is 2.14. The Morgan fingerprint density at radius 2 is 2.12 bits per heavy atom. The van der Waals surface area contributed by atoms with Crippen LogP contribution in [0.15, 0.2) is 6.07 Å². The van der Waals surface area contributed by atoms with E-state index in [1.807, 2.05) is 6.07 Å². The molecule has 1 saturated heterocycles. The van der Waals surface area contributed by atoms with Gasteiger partial charge in [0.15, 0.2) is 0 Å². The molecular weight excluding hydrogens is 204 g/mol. The highest BCUT2D eigenvalue weighted by molar-refractivity contribution is 5.40. The van der Waals surface area contributed by atoms with Gasteiger partial charge in [0.05, 0.1) is 13.2 Å². The molecule has 1 aromatic heterocycles. The Morgan fingerprint density at radius 1 is 1.38 bits per heavy atom. The van der Waals surface area contributed by atoms with Gasteiger partial charge in [-0.05, 0) is 6.42 Å². The number of anilines is 2. The van der Waals surface area contributed by atoms with Crippen LogP contribution in [0.5, 0.6) is 0 Å². The highest BCUT2D eigenvalue weighted by Crippen LogP contribution is 2.14. The van der Waals surface area contributed by atoms with E-state index in [2.05, 4.69) is 21.8 Å². The molecule has 5 nitrogen and oxygen atoms in total. The van der Waals surface area contributed by atoms with Gasteiger partial charge < -0.3 is 15.4 Å². The predicted molar refractivity (Wildman–Crippen MR) is 63.5 cm³/mol. The Morgan fingerprint density at radius 3 is 2.81 bits per heavy atom. The maximum Gasteiger partial charge on any atom is 0.227 e. The van der Waals surface area contributed by atoms with Crippen molar-refractivity contribution in [1.82, 2.24) is 9.97 Å². The Balaban J connectivity index is 2.18. The van der Waals surface area contributed by atoms with E-state index in [0.29, 0.717) is 5.82 Å². The number of hydrogen-bond acceptors (Lipinski definition) is 5. The summed E-state index contributed by atoms with van der Waals surface area (Å²) in [6.07, 6.45) is 2.02. The van der Waals surface area contributed by atoms with Gasteiger partial charge in [-0.15, -0.1) is 0 Å². The molecule has 0 saturated carbocycles. The first-order chi connectivity index (χ1) is 7.79. The molecule has 1 aliphatic rings. The molecule has 1 aliphatic heterocycles. The Bertz CT molecular complexity index is 350. The second-order valence-corrected chi connectivity index (χ2v) is 3.93. The number of aromatic nitrogens is 2. The number of nitrogens with zero attached hydrogens (tertiary/aromatic N) is 3. The Kier molecular flexibility index (Phi) is 3.56. The van der Waals surface area contributed by atoms with Crippen LogP contribution in [0.1, 0.15) is 19.0 Å². The molecule has 16 heavy (non-hydrogen) atoms. The minimum Gasteiger partial charge on any atom is -0.384 e. The summed E-state index contributed by atoms with van der Waals surface area (Å²) in [4.78, 5) is 10.9. The fraction of sp³-hybridized carbons (Fsp3) is 0.636. The molecule has 0 atom stereocenters. The van der Waals surface area contributed by atoms with Crippen LogP contribution in [0, 0.1) is 0 Å². The number of rotatable bonds is 3. The van der Waals surface area contributed by atoms with Gasteiger partial charge in [-0.3, -0.25) is 0 Å². The summed E-state index contributed by atoms with van der Waals surface area (Å²) >= 11 is 0. The molecule has 1 fully saturated rings. The monoisotopic (exact) mass is 222 g/mol. The van der Waals surface area contributed by atoms with Crippen LogP contribution < -0.4 is 10.6 Å². The molecule has 0 amide bonds. The van der Waals surface area contributed by atoms with E-state index in [9.17, 15) is 0 Å². The molecule has 2 rings (SSSR count). The molecule has 88 valence electrons. The molecule has 0 radical (unpaired) electrons. The van der Waals surface area contributed by atoms with Crippen molar-refractivity contribution in [3.63, 3.8) is 0 Å². The molecule has 0 unspecified atom stereocenters. The van der Waals surface area contributed by atoms with Gasteiger partial charge in [0, 0.05) is 24.8 Å². The number of nitrogen functional groups attached to an aromatic ring is 1. The smallest absolute Gasteiger partial charge is 0.227 e. The van der Waals surface area contributed by atoms with Crippen molar-refractivity contribution < 1.29 is 4.74 Å². The molecule has 5 heteroatoms. The third-order valence-electron chi connectivity index (χ3n) is 2.59. The average Bonchev–Trinajstić information content (AvgIpc) is 2.30. The Hall–Kier alpha value is -1.36. The maximum atomic E-state index is 5.79. The zero-order valence-electron chi connectivity index (χ0n) is 9.65. The van der Waals surface area contributed by atoms with Crippen LogP contribution in [-0.4, -0.2) is 36.3 Å². The minimum atomic E-state index is 0.556. The molecule has 1 aromatic rings. The summed E-state index contributed by atoms with van der Waals surface area (Å²) < 4.78 is 5.30. The van der Waals surface area contributed by atoms with Gasteiger partial charge in [0.2, 0.25) is 5.95 Å². The van der Waals surface area contributed by atoms with Crippen LogP contribution >= 0.6 is 0 Å². The van der Waals surface area contributed by atoms with Gasteiger partial charge in [-0.1, -0.05) is 13.3 Å². The van der Waals surface area contributed by atoms with Crippen LogP contribution in [-0.2, 0) is 11.2 Å². The SMILES string of the molecule is CCCc1cc(N)nc(N2CCOCC2)n1. The fourth-order valence-electron chi connectivity index (χ4n) is 1.79. The normalized spacial score (nSPS) is 16.4. The third kappa shape index (κ3) is 2.61.